The van der Waals surface area contributed by atoms with Gasteiger partial charge in [-0.2, -0.15) is 13.2 Å². The van der Waals surface area contributed by atoms with Crippen LogP contribution in [0.2, 0.25) is 0 Å². The van der Waals surface area contributed by atoms with Crippen LogP contribution in [0.1, 0.15) is 26.3 Å². The Kier molecular flexibility index (Phi) is 4.45. The van der Waals surface area contributed by atoms with E-state index in [1.54, 1.807) is 18.2 Å². The Hall–Kier alpha value is -2.83. The van der Waals surface area contributed by atoms with Crippen molar-refractivity contribution in [2.24, 2.45) is 0 Å². The molecule has 0 fully saturated rings. The van der Waals surface area contributed by atoms with Gasteiger partial charge in [0.25, 0.3) is 0 Å². The molecule has 0 amide bonds. The molecule has 7 heteroatoms. The van der Waals surface area contributed by atoms with E-state index in [0.29, 0.717) is 6.07 Å². The Morgan fingerprint density at radius 3 is 1.91 bits per heavy atom. The third-order valence-corrected chi connectivity index (χ3v) is 2.63. The van der Waals surface area contributed by atoms with Gasteiger partial charge in [-0.05, 0) is 30.3 Å². The number of hydrogen-bond donors (Lipinski definition) is 0. The third kappa shape index (κ3) is 3.85. The van der Waals surface area contributed by atoms with Crippen molar-refractivity contribution in [3.05, 3.63) is 71.3 Å². The van der Waals surface area contributed by atoms with E-state index in [1.165, 1.54) is 12.1 Å². The molecule has 114 valence electrons. The minimum atomic E-state index is -4.59. The second kappa shape index (κ2) is 6.30. The molecule has 2 aromatic rings. The topological polar surface area (TPSA) is 52.6 Å². The fourth-order valence-corrected chi connectivity index (χ4v) is 1.57. The fourth-order valence-electron chi connectivity index (χ4n) is 1.57. The second-order valence-electron chi connectivity index (χ2n) is 4.19. The van der Waals surface area contributed by atoms with Crippen molar-refractivity contribution in [2.75, 3.05) is 0 Å². The van der Waals surface area contributed by atoms with Gasteiger partial charge in [0.1, 0.15) is 0 Å². The number of alkyl halides is 3. The highest BCUT2D eigenvalue weighted by Gasteiger charge is 2.31. The van der Waals surface area contributed by atoms with Gasteiger partial charge in [-0.3, -0.25) is 0 Å². The molecule has 4 nitrogen and oxygen atoms in total. The number of rotatable bonds is 2. The van der Waals surface area contributed by atoms with Gasteiger partial charge in [0.15, 0.2) is 0 Å². The van der Waals surface area contributed by atoms with E-state index in [1.807, 2.05) is 0 Å². The monoisotopic (exact) mass is 310 g/mol. The molecule has 0 unspecified atom stereocenters. The maximum absolute atomic E-state index is 12.5. The van der Waals surface area contributed by atoms with Crippen molar-refractivity contribution < 1.29 is 32.5 Å². The zero-order chi connectivity index (χ0) is 16.2. The number of halogens is 3. The predicted molar refractivity (Wildman–Crippen MR) is 68.7 cm³/mol. The second-order valence-corrected chi connectivity index (χ2v) is 4.19. The van der Waals surface area contributed by atoms with Gasteiger partial charge in [0.2, 0.25) is 0 Å². The molecule has 0 bridgehead atoms. The molecular weight excluding hydrogens is 301 g/mol. The standard InChI is InChI=1S/C15H9F3O4/c16-15(17,18)12-8-4-7-11(9-12)14(20)22-21-13(19)10-5-2-1-3-6-10/h1-9H. The first-order valence-electron chi connectivity index (χ1n) is 6.03. The summed E-state index contributed by atoms with van der Waals surface area (Å²) in [5, 5.41) is 0. The highest BCUT2D eigenvalue weighted by molar-refractivity contribution is 5.92. The summed E-state index contributed by atoms with van der Waals surface area (Å²) in [5.74, 6) is -2.13. The summed E-state index contributed by atoms with van der Waals surface area (Å²) in [6, 6.07) is 11.3. The van der Waals surface area contributed by atoms with Crippen LogP contribution < -0.4 is 0 Å². The molecule has 2 aromatic carbocycles. The molecule has 0 heterocycles. The van der Waals surface area contributed by atoms with Gasteiger partial charge in [-0.15, -0.1) is 0 Å². The molecule has 0 aliphatic heterocycles. The van der Waals surface area contributed by atoms with Gasteiger partial charge in [-0.1, -0.05) is 24.3 Å². The first kappa shape index (κ1) is 15.6. The zero-order valence-corrected chi connectivity index (χ0v) is 11.0. The van der Waals surface area contributed by atoms with E-state index in [4.69, 9.17) is 0 Å². The lowest BCUT2D eigenvalue weighted by Crippen LogP contribution is -2.13. The third-order valence-electron chi connectivity index (χ3n) is 2.63. The SMILES string of the molecule is O=C(OOC(=O)c1cccc(C(F)(F)F)c1)c1ccccc1. The molecule has 2 rings (SSSR count). The summed E-state index contributed by atoms with van der Waals surface area (Å²) < 4.78 is 37.6. The van der Waals surface area contributed by atoms with Crippen molar-refractivity contribution in [3.63, 3.8) is 0 Å². The van der Waals surface area contributed by atoms with Crippen molar-refractivity contribution in [3.8, 4) is 0 Å². The van der Waals surface area contributed by atoms with E-state index in [0.717, 1.165) is 18.2 Å². The maximum Gasteiger partial charge on any atom is 0.416 e. The molecule has 0 N–H and O–H groups in total. The van der Waals surface area contributed by atoms with Crippen LogP contribution in [0.15, 0.2) is 54.6 Å². The molecule has 0 atom stereocenters. The van der Waals surface area contributed by atoms with E-state index in [9.17, 15) is 22.8 Å². The normalized spacial score (nSPS) is 10.9. The van der Waals surface area contributed by atoms with E-state index >= 15 is 0 Å². The Balaban J connectivity index is 2.03. The summed E-state index contributed by atoms with van der Waals surface area (Å²) >= 11 is 0. The molecule has 22 heavy (non-hydrogen) atoms. The van der Waals surface area contributed by atoms with Gasteiger partial charge in [0.05, 0.1) is 16.7 Å². The van der Waals surface area contributed by atoms with Crippen LogP contribution in [0.4, 0.5) is 13.2 Å². The van der Waals surface area contributed by atoms with Gasteiger partial charge in [-0.25, -0.2) is 19.4 Å². The molecule has 0 saturated heterocycles. The average molecular weight is 310 g/mol. The lowest BCUT2D eigenvalue weighted by atomic mass is 10.1. The molecule has 0 saturated carbocycles. The average Bonchev–Trinajstić information content (AvgIpc) is 2.52. The molecule has 0 radical (unpaired) electrons. The van der Waals surface area contributed by atoms with Crippen molar-refractivity contribution >= 4 is 11.9 Å². The Bertz CT molecular complexity index is 681. The van der Waals surface area contributed by atoms with Gasteiger partial charge >= 0.3 is 18.1 Å². The summed E-state index contributed by atoms with van der Waals surface area (Å²) in [5.41, 5.74) is -1.24. The summed E-state index contributed by atoms with van der Waals surface area (Å²) in [6.45, 7) is 0. The summed E-state index contributed by atoms with van der Waals surface area (Å²) in [4.78, 5) is 31.7. The van der Waals surface area contributed by atoms with E-state index < -0.39 is 23.7 Å². The maximum atomic E-state index is 12.5. The van der Waals surface area contributed by atoms with E-state index in [-0.39, 0.29) is 11.1 Å². The Labute approximate surface area is 123 Å². The van der Waals surface area contributed by atoms with Crippen LogP contribution in [0.5, 0.6) is 0 Å². The Morgan fingerprint density at radius 1 is 0.773 bits per heavy atom. The minimum Gasteiger partial charge on any atom is -0.242 e. The van der Waals surface area contributed by atoms with Gasteiger partial charge in [0, 0.05) is 0 Å². The lowest BCUT2D eigenvalue weighted by molar-refractivity contribution is -0.187. The molecule has 0 spiro atoms. The molecule has 0 aromatic heterocycles. The van der Waals surface area contributed by atoms with Crippen LogP contribution >= 0.6 is 0 Å². The quantitative estimate of drug-likeness (QED) is 0.628. The molecule has 0 aliphatic rings. The Morgan fingerprint density at radius 2 is 1.32 bits per heavy atom. The smallest absolute Gasteiger partial charge is 0.242 e. The summed E-state index contributed by atoms with van der Waals surface area (Å²) in [7, 11) is 0. The van der Waals surface area contributed by atoms with Crippen LogP contribution in [0.3, 0.4) is 0 Å². The number of carbonyl (C=O) groups excluding carboxylic acids is 2. The van der Waals surface area contributed by atoms with Crippen LogP contribution in [0, 0.1) is 0 Å². The summed E-state index contributed by atoms with van der Waals surface area (Å²) in [6.07, 6.45) is -4.59. The van der Waals surface area contributed by atoms with Crippen molar-refractivity contribution in [2.45, 2.75) is 6.18 Å². The van der Waals surface area contributed by atoms with E-state index in [2.05, 4.69) is 9.78 Å². The lowest BCUT2D eigenvalue weighted by Gasteiger charge is -2.08. The number of benzene rings is 2. The minimum absolute atomic E-state index is 0.138. The van der Waals surface area contributed by atoms with Gasteiger partial charge < -0.3 is 0 Å². The first-order valence-corrected chi connectivity index (χ1v) is 6.03. The fraction of sp³-hybridized carbons (Fsp3) is 0.0667. The number of carbonyl (C=O) groups is 2. The predicted octanol–water partition coefficient (Wildman–Crippen LogP) is 3.63. The van der Waals surface area contributed by atoms with Crippen molar-refractivity contribution in [1.29, 1.82) is 0 Å². The number of hydrogen-bond acceptors (Lipinski definition) is 4. The molecular formula is C15H9F3O4. The largest absolute Gasteiger partial charge is 0.416 e. The highest BCUT2D eigenvalue weighted by atomic mass is 19.4. The van der Waals surface area contributed by atoms with Crippen LogP contribution in [-0.2, 0) is 16.0 Å². The van der Waals surface area contributed by atoms with Crippen LogP contribution in [-0.4, -0.2) is 11.9 Å². The van der Waals surface area contributed by atoms with Crippen LogP contribution in [0.25, 0.3) is 0 Å². The van der Waals surface area contributed by atoms with Crippen molar-refractivity contribution in [1.82, 2.24) is 0 Å². The first-order chi connectivity index (χ1) is 10.4. The highest BCUT2D eigenvalue weighted by Crippen LogP contribution is 2.29. The zero-order valence-electron chi connectivity index (χ0n) is 11.0. The molecule has 0 aliphatic carbocycles.